The van der Waals surface area contributed by atoms with Crippen molar-refractivity contribution in [3.8, 4) is 11.1 Å². The van der Waals surface area contributed by atoms with Crippen LogP contribution in [0, 0.1) is 0 Å². The van der Waals surface area contributed by atoms with E-state index in [0.29, 0.717) is 17.0 Å². The van der Waals surface area contributed by atoms with Gasteiger partial charge in [-0.2, -0.15) is 0 Å². The molecule has 0 bridgehead atoms. The third-order valence-electron chi connectivity index (χ3n) is 3.54. The van der Waals surface area contributed by atoms with Gasteiger partial charge in [0.05, 0.1) is 5.41 Å². The van der Waals surface area contributed by atoms with E-state index in [0.717, 1.165) is 11.1 Å². The number of carboxylic acids is 1. The van der Waals surface area contributed by atoms with E-state index < -0.39 is 11.4 Å². The summed E-state index contributed by atoms with van der Waals surface area (Å²) in [7, 11) is 0. The van der Waals surface area contributed by atoms with Gasteiger partial charge in [0.25, 0.3) is 0 Å². The standard InChI is InChI=1S/C16H16ClNO2/c1-3-7-16(2,15(19)20)12-4-5-13(14(17)9-12)11-6-8-18-10-11/h3-6,8-10,18H,1,7H2,2H3,(H,19,20). The lowest BCUT2D eigenvalue weighted by atomic mass is 9.79. The summed E-state index contributed by atoms with van der Waals surface area (Å²) < 4.78 is 0. The Balaban J connectivity index is 2.47. The summed E-state index contributed by atoms with van der Waals surface area (Å²) in [6, 6.07) is 7.31. The molecule has 1 aromatic heterocycles. The van der Waals surface area contributed by atoms with Crippen LogP contribution in [0.5, 0.6) is 0 Å². The number of carbonyl (C=O) groups is 1. The Bertz CT molecular complexity index is 634. The zero-order chi connectivity index (χ0) is 14.8. The van der Waals surface area contributed by atoms with E-state index in [-0.39, 0.29) is 0 Å². The van der Waals surface area contributed by atoms with E-state index in [1.807, 2.05) is 30.6 Å². The van der Waals surface area contributed by atoms with Crippen LogP contribution >= 0.6 is 11.6 Å². The molecule has 1 aromatic carbocycles. The molecule has 0 saturated heterocycles. The van der Waals surface area contributed by atoms with Gasteiger partial charge < -0.3 is 10.1 Å². The van der Waals surface area contributed by atoms with Crippen LogP contribution in [0.4, 0.5) is 0 Å². The molecule has 2 rings (SSSR count). The Morgan fingerprint density at radius 3 is 2.75 bits per heavy atom. The quantitative estimate of drug-likeness (QED) is 0.808. The molecule has 3 nitrogen and oxygen atoms in total. The van der Waals surface area contributed by atoms with E-state index in [4.69, 9.17) is 11.6 Å². The maximum Gasteiger partial charge on any atom is 0.314 e. The second-order valence-corrected chi connectivity index (χ2v) is 5.33. The molecule has 0 aliphatic rings. The number of aromatic nitrogens is 1. The van der Waals surface area contributed by atoms with Crippen LogP contribution in [0.3, 0.4) is 0 Å². The molecule has 104 valence electrons. The van der Waals surface area contributed by atoms with Crippen LogP contribution in [0.25, 0.3) is 11.1 Å². The van der Waals surface area contributed by atoms with Crippen molar-refractivity contribution in [1.82, 2.24) is 4.98 Å². The van der Waals surface area contributed by atoms with E-state index in [2.05, 4.69) is 11.6 Å². The first-order chi connectivity index (χ1) is 9.49. The van der Waals surface area contributed by atoms with Crippen molar-refractivity contribution in [2.75, 3.05) is 0 Å². The van der Waals surface area contributed by atoms with Gasteiger partial charge in [-0.05, 0) is 31.0 Å². The van der Waals surface area contributed by atoms with Crippen LogP contribution in [0.15, 0.2) is 49.3 Å². The molecular formula is C16H16ClNO2. The average molecular weight is 290 g/mol. The van der Waals surface area contributed by atoms with Crippen LogP contribution in [0.2, 0.25) is 5.02 Å². The molecular weight excluding hydrogens is 274 g/mol. The predicted molar refractivity (Wildman–Crippen MR) is 81.0 cm³/mol. The molecule has 0 aliphatic carbocycles. The number of hydrogen-bond donors (Lipinski definition) is 2. The Labute approximate surface area is 122 Å². The minimum absolute atomic E-state index is 0.349. The first-order valence-corrected chi connectivity index (χ1v) is 6.64. The molecule has 0 radical (unpaired) electrons. The number of H-pyrrole nitrogens is 1. The number of carboxylic acid groups (broad SMARTS) is 1. The highest BCUT2D eigenvalue weighted by Gasteiger charge is 2.34. The molecule has 0 amide bonds. The Morgan fingerprint density at radius 2 is 2.25 bits per heavy atom. The molecule has 0 fully saturated rings. The fraction of sp³-hybridized carbons (Fsp3) is 0.188. The third-order valence-corrected chi connectivity index (χ3v) is 3.85. The summed E-state index contributed by atoms with van der Waals surface area (Å²) in [5.74, 6) is -0.886. The second-order valence-electron chi connectivity index (χ2n) is 4.92. The number of nitrogens with one attached hydrogen (secondary N) is 1. The predicted octanol–water partition coefficient (Wildman–Crippen LogP) is 4.25. The fourth-order valence-electron chi connectivity index (χ4n) is 2.20. The number of allylic oxidation sites excluding steroid dienone is 1. The van der Waals surface area contributed by atoms with Crippen LogP contribution in [-0.4, -0.2) is 16.1 Å². The van der Waals surface area contributed by atoms with E-state index in [1.54, 1.807) is 19.1 Å². The molecule has 0 spiro atoms. The highest BCUT2D eigenvalue weighted by molar-refractivity contribution is 6.33. The van der Waals surface area contributed by atoms with Gasteiger partial charge in [0.2, 0.25) is 0 Å². The maximum absolute atomic E-state index is 11.5. The van der Waals surface area contributed by atoms with Gasteiger partial charge in [0, 0.05) is 28.5 Å². The normalized spacial score (nSPS) is 13.7. The lowest BCUT2D eigenvalue weighted by Crippen LogP contribution is -2.31. The lowest BCUT2D eigenvalue weighted by molar-refractivity contribution is -0.143. The van der Waals surface area contributed by atoms with Crippen molar-refractivity contribution in [3.63, 3.8) is 0 Å². The minimum Gasteiger partial charge on any atom is -0.481 e. The molecule has 20 heavy (non-hydrogen) atoms. The average Bonchev–Trinajstić information content (AvgIpc) is 2.92. The number of aromatic amines is 1. The van der Waals surface area contributed by atoms with Gasteiger partial charge in [-0.3, -0.25) is 4.79 Å². The van der Waals surface area contributed by atoms with Gasteiger partial charge >= 0.3 is 5.97 Å². The SMILES string of the molecule is C=CCC(C)(C(=O)O)c1ccc(-c2cc[nH]c2)c(Cl)c1. The van der Waals surface area contributed by atoms with Gasteiger partial charge in [-0.25, -0.2) is 0 Å². The second kappa shape index (κ2) is 5.55. The van der Waals surface area contributed by atoms with E-state index in [9.17, 15) is 9.90 Å². The van der Waals surface area contributed by atoms with Gasteiger partial charge in [0.15, 0.2) is 0 Å². The molecule has 0 saturated carbocycles. The van der Waals surface area contributed by atoms with Crippen molar-refractivity contribution < 1.29 is 9.90 Å². The van der Waals surface area contributed by atoms with Crippen molar-refractivity contribution >= 4 is 17.6 Å². The lowest BCUT2D eigenvalue weighted by Gasteiger charge is -2.24. The van der Waals surface area contributed by atoms with Gasteiger partial charge in [-0.1, -0.05) is 29.8 Å². The first-order valence-electron chi connectivity index (χ1n) is 6.26. The number of halogens is 1. The number of hydrogen-bond acceptors (Lipinski definition) is 1. The van der Waals surface area contributed by atoms with Crippen molar-refractivity contribution in [2.24, 2.45) is 0 Å². The van der Waals surface area contributed by atoms with Crippen LogP contribution < -0.4 is 0 Å². The molecule has 0 aliphatic heterocycles. The van der Waals surface area contributed by atoms with E-state index in [1.165, 1.54) is 0 Å². The van der Waals surface area contributed by atoms with Crippen molar-refractivity contribution in [2.45, 2.75) is 18.8 Å². The monoisotopic (exact) mass is 289 g/mol. The van der Waals surface area contributed by atoms with Gasteiger partial charge in [-0.15, -0.1) is 6.58 Å². The molecule has 1 atom stereocenters. The number of benzene rings is 1. The molecule has 2 aromatic rings. The molecule has 2 N–H and O–H groups in total. The summed E-state index contributed by atoms with van der Waals surface area (Å²) in [5, 5.41) is 10.0. The molecule has 1 unspecified atom stereocenters. The maximum atomic E-state index is 11.5. The highest BCUT2D eigenvalue weighted by Crippen LogP contribution is 2.35. The smallest absolute Gasteiger partial charge is 0.314 e. The van der Waals surface area contributed by atoms with Crippen LogP contribution in [0.1, 0.15) is 18.9 Å². The highest BCUT2D eigenvalue weighted by atomic mass is 35.5. The Kier molecular flexibility index (Phi) is 4.00. The third kappa shape index (κ3) is 2.49. The summed E-state index contributed by atoms with van der Waals surface area (Å²) >= 11 is 6.30. The molecule has 1 heterocycles. The summed E-state index contributed by atoms with van der Waals surface area (Å²) in [5.41, 5.74) is 1.52. The minimum atomic E-state index is -1.01. The topological polar surface area (TPSA) is 53.1 Å². The number of aliphatic carboxylic acids is 1. The number of rotatable bonds is 5. The first kappa shape index (κ1) is 14.4. The molecule has 4 heteroatoms. The van der Waals surface area contributed by atoms with Crippen molar-refractivity contribution in [3.05, 3.63) is 59.9 Å². The zero-order valence-corrected chi connectivity index (χ0v) is 11.9. The Morgan fingerprint density at radius 1 is 1.50 bits per heavy atom. The van der Waals surface area contributed by atoms with Crippen LogP contribution in [-0.2, 0) is 10.2 Å². The Hall–Kier alpha value is -2.00. The summed E-state index contributed by atoms with van der Waals surface area (Å²) in [6.07, 6.45) is 5.63. The zero-order valence-electron chi connectivity index (χ0n) is 11.2. The van der Waals surface area contributed by atoms with Crippen molar-refractivity contribution in [1.29, 1.82) is 0 Å². The summed E-state index contributed by atoms with van der Waals surface area (Å²) in [6.45, 7) is 5.31. The largest absolute Gasteiger partial charge is 0.481 e. The summed E-state index contributed by atoms with van der Waals surface area (Å²) in [4.78, 5) is 14.5. The van der Waals surface area contributed by atoms with E-state index >= 15 is 0 Å². The van der Waals surface area contributed by atoms with Gasteiger partial charge in [0.1, 0.15) is 0 Å². The fourth-order valence-corrected chi connectivity index (χ4v) is 2.49.